The molecule has 0 spiro atoms. The smallest absolute Gasteiger partial charge is 0.414 e. The normalized spacial score (nSPS) is 12.1. The third-order valence-electron chi connectivity index (χ3n) is 3.29. The standard InChI is InChI=1S/C16H29NO14P2.C3H9N/c1-4-7-8-27-14(21)15(30-13(20)10-33(26,28-5-2)29-6-3)31-16(22)17(9-12(18)19)11-32(23,24)25;1-3(2)4/h15H,4-11H2,1-3H3,(H,18,19)(H2,23,24,25);3H,4H2,1-2H3. The van der Waals surface area contributed by atoms with Crippen molar-refractivity contribution in [3.63, 3.8) is 0 Å². The molecule has 5 N–H and O–H groups in total. The Morgan fingerprint density at radius 2 is 1.49 bits per heavy atom. The highest BCUT2D eigenvalue weighted by molar-refractivity contribution is 7.54. The van der Waals surface area contributed by atoms with Crippen LogP contribution in [0.5, 0.6) is 0 Å². The molecule has 18 heteroatoms. The zero-order valence-corrected chi connectivity index (χ0v) is 23.4. The van der Waals surface area contributed by atoms with Crippen molar-refractivity contribution in [2.45, 2.75) is 59.8 Å². The summed E-state index contributed by atoms with van der Waals surface area (Å²) in [6.07, 6.45) is -5.35. The molecular formula is C19H38N2O14P2. The Labute approximate surface area is 215 Å². The van der Waals surface area contributed by atoms with Gasteiger partial charge in [-0.3, -0.25) is 23.6 Å². The third-order valence-corrected chi connectivity index (χ3v) is 5.95. The molecular weight excluding hydrogens is 542 g/mol. The van der Waals surface area contributed by atoms with E-state index in [-0.39, 0.29) is 24.7 Å². The summed E-state index contributed by atoms with van der Waals surface area (Å²) in [4.78, 5) is 65.8. The molecule has 0 saturated heterocycles. The maximum Gasteiger partial charge on any atom is 0.414 e. The summed E-state index contributed by atoms with van der Waals surface area (Å²) in [5.41, 5.74) is 5.11. The molecule has 0 rings (SSSR count). The number of carbonyl (C=O) groups is 4. The SMILES string of the molecule is CC(C)N.CCCCOC(=O)C(OC(=O)CP(=O)(OCC)OCC)OC(=O)N(CC(=O)O)CP(=O)(O)O. The fourth-order valence-corrected chi connectivity index (χ4v) is 4.16. The summed E-state index contributed by atoms with van der Waals surface area (Å²) in [5.74, 6) is -4.35. The van der Waals surface area contributed by atoms with Gasteiger partial charge >= 0.3 is 45.5 Å². The van der Waals surface area contributed by atoms with Gasteiger partial charge in [0.25, 0.3) is 0 Å². The van der Waals surface area contributed by atoms with Crippen molar-refractivity contribution in [1.29, 1.82) is 0 Å². The van der Waals surface area contributed by atoms with Gasteiger partial charge in [0.05, 0.1) is 19.8 Å². The van der Waals surface area contributed by atoms with E-state index < -0.39 is 64.5 Å². The van der Waals surface area contributed by atoms with Gasteiger partial charge in [-0.05, 0) is 26.3 Å². The molecule has 0 aromatic heterocycles. The van der Waals surface area contributed by atoms with Crippen LogP contribution < -0.4 is 5.73 Å². The van der Waals surface area contributed by atoms with E-state index >= 15 is 0 Å². The maximum absolute atomic E-state index is 12.5. The number of rotatable bonds is 16. The second kappa shape index (κ2) is 19.1. The van der Waals surface area contributed by atoms with Gasteiger partial charge in [0.1, 0.15) is 19.0 Å². The van der Waals surface area contributed by atoms with Crippen molar-refractivity contribution in [3.8, 4) is 0 Å². The number of carboxylic acid groups (broad SMARTS) is 1. The molecule has 0 aromatic carbocycles. The van der Waals surface area contributed by atoms with E-state index in [1.807, 2.05) is 13.8 Å². The molecule has 1 atom stereocenters. The van der Waals surface area contributed by atoms with Crippen LogP contribution in [0.15, 0.2) is 0 Å². The Morgan fingerprint density at radius 3 is 1.89 bits per heavy atom. The number of aliphatic carboxylic acids is 1. The summed E-state index contributed by atoms with van der Waals surface area (Å²) >= 11 is 0. The molecule has 0 aliphatic rings. The average molecular weight is 580 g/mol. The summed E-state index contributed by atoms with van der Waals surface area (Å²) in [6, 6.07) is 0.333. The Balaban J connectivity index is 0. The van der Waals surface area contributed by atoms with E-state index in [1.54, 1.807) is 6.92 Å². The molecule has 218 valence electrons. The molecule has 0 fully saturated rings. The van der Waals surface area contributed by atoms with Crippen LogP contribution in [0.1, 0.15) is 47.5 Å². The summed E-state index contributed by atoms with van der Waals surface area (Å²) < 4.78 is 47.7. The second-order valence-corrected chi connectivity index (χ2v) is 11.1. The van der Waals surface area contributed by atoms with E-state index in [4.69, 9.17) is 39.1 Å². The highest BCUT2D eigenvalue weighted by Gasteiger charge is 2.36. The number of hydrogen-bond donors (Lipinski definition) is 4. The number of nitrogens with two attached hydrogens (primary N) is 1. The number of ether oxygens (including phenoxy) is 3. The van der Waals surface area contributed by atoms with E-state index in [2.05, 4.69) is 4.74 Å². The molecule has 1 unspecified atom stereocenters. The molecule has 1 amide bonds. The first-order valence-corrected chi connectivity index (χ1v) is 14.7. The molecule has 0 aliphatic carbocycles. The minimum atomic E-state index is -4.92. The minimum absolute atomic E-state index is 0.0748. The van der Waals surface area contributed by atoms with Gasteiger partial charge in [-0.15, -0.1) is 0 Å². The first-order chi connectivity index (χ1) is 17.0. The molecule has 0 bridgehead atoms. The first kappa shape index (κ1) is 37.1. The summed E-state index contributed by atoms with van der Waals surface area (Å²) in [7, 11) is -8.87. The number of hydrogen-bond acceptors (Lipinski definition) is 12. The zero-order chi connectivity index (χ0) is 29.2. The predicted molar refractivity (Wildman–Crippen MR) is 129 cm³/mol. The number of amides is 1. The van der Waals surface area contributed by atoms with Crippen molar-refractivity contribution in [3.05, 3.63) is 0 Å². The average Bonchev–Trinajstić information content (AvgIpc) is 2.71. The highest BCUT2D eigenvalue weighted by Crippen LogP contribution is 2.47. The molecule has 0 saturated carbocycles. The lowest BCUT2D eigenvalue weighted by Crippen LogP contribution is -2.42. The summed E-state index contributed by atoms with van der Waals surface area (Å²) in [5, 5.41) is 8.85. The molecule has 0 radical (unpaired) electrons. The van der Waals surface area contributed by atoms with Gasteiger partial charge in [0.2, 0.25) is 0 Å². The number of carbonyl (C=O) groups excluding carboxylic acids is 3. The predicted octanol–water partition coefficient (Wildman–Crippen LogP) is 1.48. The van der Waals surface area contributed by atoms with Crippen molar-refractivity contribution >= 4 is 39.2 Å². The Bertz CT molecular complexity index is 804. The van der Waals surface area contributed by atoms with Crippen molar-refractivity contribution < 1.29 is 66.5 Å². The Kier molecular flexibility index (Phi) is 19.1. The van der Waals surface area contributed by atoms with E-state index in [0.717, 1.165) is 0 Å². The third kappa shape index (κ3) is 20.7. The van der Waals surface area contributed by atoms with Gasteiger partial charge in [-0.25, -0.2) is 9.59 Å². The fourth-order valence-electron chi connectivity index (χ4n) is 2.07. The lowest BCUT2D eigenvalue weighted by atomic mass is 10.4. The lowest BCUT2D eigenvalue weighted by molar-refractivity contribution is -0.191. The first-order valence-electron chi connectivity index (χ1n) is 11.2. The molecule has 0 heterocycles. The van der Waals surface area contributed by atoms with Crippen LogP contribution in [0.3, 0.4) is 0 Å². The highest BCUT2D eigenvalue weighted by atomic mass is 31.2. The molecule has 37 heavy (non-hydrogen) atoms. The number of unbranched alkanes of at least 4 members (excludes halogenated alkanes) is 1. The van der Waals surface area contributed by atoms with Gasteiger partial charge < -0.3 is 43.9 Å². The molecule has 16 nitrogen and oxygen atoms in total. The largest absolute Gasteiger partial charge is 0.480 e. The topological polar surface area (TPSA) is 239 Å². The van der Waals surface area contributed by atoms with Crippen LogP contribution in [-0.4, -0.2) is 94.9 Å². The van der Waals surface area contributed by atoms with E-state index in [9.17, 15) is 28.3 Å². The Hall–Kier alpha value is -2.06. The van der Waals surface area contributed by atoms with Crippen LogP contribution in [-0.2, 0) is 46.8 Å². The van der Waals surface area contributed by atoms with Crippen molar-refractivity contribution in [1.82, 2.24) is 4.90 Å². The van der Waals surface area contributed by atoms with Gasteiger partial charge in [0.15, 0.2) is 0 Å². The van der Waals surface area contributed by atoms with Gasteiger partial charge in [0, 0.05) is 0 Å². The quantitative estimate of drug-likeness (QED) is 0.0875. The Morgan fingerprint density at radius 1 is 0.973 bits per heavy atom. The van der Waals surface area contributed by atoms with Crippen LogP contribution in [0.2, 0.25) is 0 Å². The van der Waals surface area contributed by atoms with E-state index in [0.29, 0.717) is 18.9 Å². The lowest BCUT2D eigenvalue weighted by Gasteiger charge is -2.24. The zero-order valence-electron chi connectivity index (χ0n) is 21.6. The number of carboxylic acids is 1. The fraction of sp³-hybridized carbons (Fsp3) is 0.789. The second-order valence-electron chi connectivity index (χ2n) is 7.47. The minimum Gasteiger partial charge on any atom is -0.480 e. The number of esters is 2. The molecule has 0 aromatic rings. The monoisotopic (exact) mass is 580 g/mol. The van der Waals surface area contributed by atoms with Crippen LogP contribution in [0.4, 0.5) is 4.79 Å². The summed E-state index contributed by atoms with van der Waals surface area (Å²) in [6.45, 7) is 7.17. The van der Waals surface area contributed by atoms with Gasteiger partial charge in [-0.1, -0.05) is 27.2 Å². The van der Waals surface area contributed by atoms with E-state index in [1.165, 1.54) is 13.8 Å². The van der Waals surface area contributed by atoms with Crippen LogP contribution in [0.25, 0.3) is 0 Å². The van der Waals surface area contributed by atoms with Crippen molar-refractivity contribution in [2.24, 2.45) is 5.73 Å². The van der Waals surface area contributed by atoms with Crippen LogP contribution in [0, 0.1) is 0 Å². The van der Waals surface area contributed by atoms with Crippen LogP contribution >= 0.6 is 15.2 Å². The molecule has 0 aliphatic heterocycles. The van der Waals surface area contributed by atoms with Gasteiger partial charge in [-0.2, -0.15) is 0 Å². The maximum atomic E-state index is 12.5. The van der Waals surface area contributed by atoms with Crippen molar-refractivity contribution in [2.75, 3.05) is 38.8 Å². The number of nitrogens with zero attached hydrogens (tertiary/aromatic N) is 1.